The summed E-state index contributed by atoms with van der Waals surface area (Å²) in [6, 6.07) is 25.1. The van der Waals surface area contributed by atoms with Gasteiger partial charge in [0.1, 0.15) is 5.75 Å². The van der Waals surface area contributed by atoms with Crippen LogP contribution in [0.5, 0.6) is 5.75 Å². The number of carbonyl (C=O) groups is 2. The van der Waals surface area contributed by atoms with Crippen molar-refractivity contribution in [2.24, 2.45) is 0 Å². The van der Waals surface area contributed by atoms with Crippen molar-refractivity contribution in [3.63, 3.8) is 0 Å². The van der Waals surface area contributed by atoms with Gasteiger partial charge in [-0.15, -0.1) is 0 Å². The van der Waals surface area contributed by atoms with Crippen LogP contribution in [0.3, 0.4) is 0 Å². The van der Waals surface area contributed by atoms with Gasteiger partial charge in [0, 0.05) is 48.0 Å². The molecule has 0 radical (unpaired) electrons. The first kappa shape index (κ1) is 21.4. The van der Waals surface area contributed by atoms with Crippen LogP contribution in [-0.4, -0.2) is 30.3 Å². The lowest BCUT2D eigenvalue weighted by atomic mass is 9.90. The van der Waals surface area contributed by atoms with Crippen molar-refractivity contribution in [1.82, 2.24) is 10.3 Å². The summed E-state index contributed by atoms with van der Waals surface area (Å²) >= 11 is 0. The number of hydrogen-bond donors (Lipinski definition) is 2. The lowest BCUT2D eigenvalue weighted by Crippen LogP contribution is -2.29. The fourth-order valence-electron chi connectivity index (χ4n) is 3.93. The fourth-order valence-corrected chi connectivity index (χ4v) is 3.93. The molecule has 5 heteroatoms. The van der Waals surface area contributed by atoms with Crippen LogP contribution < -0.4 is 10.1 Å². The molecule has 32 heavy (non-hydrogen) atoms. The summed E-state index contributed by atoms with van der Waals surface area (Å²) in [7, 11) is 1.64. The Morgan fingerprint density at radius 3 is 2.38 bits per heavy atom. The van der Waals surface area contributed by atoms with E-state index in [0.717, 1.165) is 27.8 Å². The van der Waals surface area contributed by atoms with E-state index in [1.807, 2.05) is 66.9 Å². The molecule has 3 aromatic carbocycles. The highest BCUT2D eigenvalue weighted by molar-refractivity contribution is 5.97. The van der Waals surface area contributed by atoms with E-state index >= 15 is 0 Å². The van der Waals surface area contributed by atoms with Crippen molar-refractivity contribution in [3.05, 3.63) is 102 Å². The maximum absolute atomic E-state index is 12.6. The molecule has 1 aromatic heterocycles. The number of ether oxygens (including phenoxy) is 1. The summed E-state index contributed by atoms with van der Waals surface area (Å²) in [5, 5.41) is 4.16. The van der Waals surface area contributed by atoms with E-state index in [1.165, 1.54) is 0 Å². The Morgan fingerprint density at radius 1 is 0.906 bits per heavy atom. The van der Waals surface area contributed by atoms with E-state index in [9.17, 15) is 9.59 Å². The van der Waals surface area contributed by atoms with Crippen LogP contribution in [0, 0.1) is 0 Å². The molecule has 1 amide bonds. The standard InChI is InChI=1S/C27H26N2O3/c1-32-21-13-11-19(12-14-21)23(24-18-28-25-10-6-5-9-22(24)25)17-29-27(31)16-15-26(30)20-7-3-2-4-8-20/h2-14,18,23,28H,15-17H2,1H3,(H,29,31). The van der Waals surface area contributed by atoms with Crippen LogP contribution in [0.2, 0.25) is 0 Å². The summed E-state index contributed by atoms with van der Waals surface area (Å²) in [4.78, 5) is 28.2. The molecule has 0 saturated heterocycles. The van der Waals surface area contributed by atoms with E-state index < -0.39 is 0 Å². The molecular weight excluding hydrogens is 400 g/mol. The quantitative estimate of drug-likeness (QED) is 0.366. The summed E-state index contributed by atoms with van der Waals surface area (Å²) in [6.45, 7) is 0.437. The van der Waals surface area contributed by atoms with Crippen molar-refractivity contribution in [3.8, 4) is 5.75 Å². The number of ketones is 1. The number of Topliss-reactive ketones (excluding diaryl/α,β-unsaturated/α-hetero) is 1. The van der Waals surface area contributed by atoms with E-state index in [-0.39, 0.29) is 30.4 Å². The Kier molecular flexibility index (Phi) is 6.66. The molecular formula is C27H26N2O3. The summed E-state index contributed by atoms with van der Waals surface area (Å²) in [6.07, 6.45) is 2.36. The normalized spacial score (nSPS) is 11.8. The summed E-state index contributed by atoms with van der Waals surface area (Å²) < 4.78 is 5.29. The first-order valence-electron chi connectivity index (χ1n) is 10.7. The Hall–Kier alpha value is -3.86. The molecule has 0 aliphatic carbocycles. The number of nitrogens with one attached hydrogen (secondary N) is 2. The Bertz CT molecular complexity index is 1200. The molecule has 0 aliphatic heterocycles. The van der Waals surface area contributed by atoms with Crippen LogP contribution in [0.25, 0.3) is 10.9 Å². The molecule has 0 spiro atoms. The third-order valence-corrected chi connectivity index (χ3v) is 5.69. The lowest BCUT2D eigenvalue weighted by molar-refractivity contribution is -0.121. The number of H-pyrrole nitrogens is 1. The highest BCUT2D eigenvalue weighted by Gasteiger charge is 2.19. The number of para-hydroxylation sites is 1. The Morgan fingerprint density at radius 2 is 1.62 bits per heavy atom. The van der Waals surface area contributed by atoms with Gasteiger partial charge >= 0.3 is 0 Å². The van der Waals surface area contributed by atoms with E-state index in [1.54, 1.807) is 19.2 Å². The molecule has 4 aromatic rings. The van der Waals surface area contributed by atoms with Crippen molar-refractivity contribution in [2.75, 3.05) is 13.7 Å². The predicted molar refractivity (Wildman–Crippen MR) is 126 cm³/mol. The number of rotatable bonds is 9. The minimum atomic E-state index is -0.132. The SMILES string of the molecule is COc1ccc(C(CNC(=O)CCC(=O)c2ccccc2)c2c[nH]c3ccccc23)cc1. The minimum Gasteiger partial charge on any atom is -0.497 e. The second-order valence-corrected chi connectivity index (χ2v) is 7.71. The number of methoxy groups -OCH3 is 1. The highest BCUT2D eigenvalue weighted by Crippen LogP contribution is 2.31. The Balaban J connectivity index is 1.48. The number of aromatic nitrogens is 1. The number of aromatic amines is 1. The van der Waals surface area contributed by atoms with Gasteiger partial charge in [-0.1, -0.05) is 60.7 Å². The van der Waals surface area contributed by atoms with E-state index in [2.05, 4.69) is 16.4 Å². The van der Waals surface area contributed by atoms with Crippen molar-refractivity contribution >= 4 is 22.6 Å². The average molecular weight is 427 g/mol. The number of amides is 1. The molecule has 0 fully saturated rings. The molecule has 162 valence electrons. The van der Waals surface area contributed by atoms with E-state index in [0.29, 0.717) is 12.1 Å². The second kappa shape index (κ2) is 9.96. The smallest absolute Gasteiger partial charge is 0.220 e. The van der Waals surface area contributed by atoms with Gasteiger partial charge in [-0.05, 0) is 29.3 Å². The van der Waals surface area contributed by atoms with Gasteiger partial charge < -0.3 is 15.0 Å². The van der Waals surface area contributed by atoms with Crippen LogP contribution in [-0.2, 0) is 4.79 Å². The van der Waals surface area contributed by atoms with Crippen LogP contribution in [0.15, 0.2) is 85.1 Å². The molecule has 0 saturated carbocycles. The summed E-state index contributed by atoms with van der Waals surface area (Å²) in [5.74, 6) is 0.595. The summed E-state index contributed by atoms with van der Waals surface area (Å²) in [5.41, 5.74) is 3.89. The number of carbonyl (C=O) groups excluding carboxylic acids is 2. The van der Waals surface area contributed by atoms with Crippen LogP contribution in [0.4, 0.5) is 0 Å². The molecule has 1 heterocycles. The zero-order chi connectivity index (χ0) is 22.3. The monoisotopic (exact) mass is 426 g/mol. The van der Waals surface area contributed by atoms with Crippen molar-refractivity contribution in [2.45, 2.75) is 18.8 Å². The molecule has 1 atom stereocenters. The lowest BCUT2D eigenvalue weighted by Gasteiger charge is -2.18. The van der Waals surface area contributed by atoms with Gasteiger partial charge in [-0.25, -0.2) is 0 Å². The van der Waals surface area contributed by atoms with Gasteiger partial charge in [0.2, 0.25) is 5.91 Å². The topological polar surface area (TPSA) is 71.2 Å². The molecule has 0 bridgehead atoms. The third kappa shape index (κ3) is 4.89. The van der Waals surface area contributed by atoms with Gasteiger partial charge in [0.25, 0.3) is 0 Å². The molecule has 1 unspecified atom stereocenters. The maximum atomic E-state index is 12.6. The predicted octanol–water partition coefficient (Wildman–Crippen LogP) is 5.09. The van der Waals surface area contributed by atoms with Crippen molar-refractivity contribution in [1.29, 1.82) is 0 Å². The van der Waals surface area contributed by atoms with Gasteiger partial charge in [0.05, 0.1) is 7.11 Å². The minimum absolute atomic E-state index is 0.0240. The number of hydrogen-bond acceptors (Lipinski definition) is 3. The van der Waals surface area contributed by atoms with Crippen LogP contribution >= 0.6 is 0 Å². The fraction of sp³-hybridized carbons (Fsp3) is 0.185. The molecule has 4 rings (SSSR count). The van der Waals surface area contributed by atoms with E-state index in [4.69, 9.17) is 4.74 Å². The zero-order valence-electron chi connectivity index (χ0n) is 18.0. The number of fused-ring (bicyclic) bond motifs is 1. The first-order chi connectivity index (χ1) is 15.7. The third-order valence-electron chi connectivity index (χ3n) is 5.69. The second-order valence-electron chi connectivity index (χ2n) is 7.71. The Labute approximate surface area is 187 Å². The molecule has 0 aliphatic rings. The highest BCUT2D eigenvalue weighted by atomic mass is 16.5. The van der Waals surface area contributed by atoms with Crippen LogP contribution in [0.1, 0.15) is 40.2 Å². The molecule has 5 nitrogen and oxygen atoms in total. The van der Waals surface area contributed by atoms with Gasteiger partial charge in [0.15, 0.2) is 5.78 Å². The largest absolute Gasteiger partial charge is 0.497 e. The number of benzene rings is 3. The zero-order valence-corrected chi connectivity index (χ0v) is 18.0. The van der Waals surface area contributed by atoms with Crippen molar-refractivity contribution < 1.29 is 14.3 Å². The maximum Gasteiger partial charge on any atom is 0.220 e. The van der Waals surface area contributed by atoms with Gasteiger partial charge in [-0.3, -0.25) is 9.59 Å². The molecule has 2 N–H and O–H groups in total. The first-order valence-corrected chi connectivity index (χ1v) is 10.7. The van der Waals surface area contributed by atoms with Gasteiger partial charge in [-0.2, -0.15) is 0 Å². The average Bonchev–Trinajstić information content (AvgIpc) is 3.27.